The van der Waals surface area contributed by atoms with Crippen molar-refractivity contribution >= 4 is 12.0 Å². The Balaban J connectivity index is 4.32. The molecule has 0 atom stereocenters. The largest absolute Gasteiger partial charge is 0.308 e. The number of carbonyl (C=O) groups is 1. The third-order valence-electron chi connectivity index (χ3n) is 1.28. The highest BCUT2D eigenvalue weighted by Crippen LogP contribution is 2.02. The van der Waals surface area contributed by atoms with E-state index in [2.05, 4.69) is 0 Å². The number of carbonyl (C=O) groups excluding carboxylic acids is 1. The first kappa shape index (κ1) is 9.08. The van der Waals surface area contributed by atoms with Gasteiger partial charge in [0.25, 0.3) is 0 Å². The molecule has 2 heteroatoms. The standard InChI is InChI=1S/C8H13NO/c1-4-7(5-9)8(10)6(2)3/h4-6,9H,1-3H3/b7-4+,9-5?. The molecule has 0 aliphatic heterocycles. The van der Waals surface area contributed by atoms with Crippen LogP contribution in [0, 0.1) is 11.3 Å². The van der Waals surface area contributed by atoms with Gasteiger partial charge in [-0.25, -0.2) is 0 Å². The van der Waals surface area contributed by atoms with E-state index in [-0.39, 0.29) is 11.7 Å². The second-order valence-electron chi connectivity index (χ2n) is 2.41. The van der Waals surface area contributed by atoms with Gasteiger partial charge in [0.05, 0.1) is 0 Å². The highest BCUT2D eigenvalue weighted by molar-refractivity contribution is 6.13. The van der Waals surface area contributed by atoms with Crippen LogP contribution in [0.15, 0.2) is 11.6 Å². The van der Waals surface area contributed by atoms with Crippen LogP contribution in [0.2, 0.25) is 0 Å². The zero-order valence-corrected chi connectivity index (χ0v) is 6.64. The minimum absolute atomic E-state index is 0.00667. The summed E-state index contributed by atoms with van der Waals surface area (Å²) < 4.78 is 0. The molecule has 0 aliphatic carbocycles. The van der Waals surface area contributed by atoms with Gasteiger partial charge in [-0.3, -0.25) is 4.79 Å². The minimum atomic E-state index is -0.00667. The normalized spacial score (nSPS) is 11.8. The van der Waals surface area contributed by atoms with E-state index in [1.165, 1.54) is 0 Å². The number of Topliss-reactive ketones (excluding diaryl/α,β-unsaturated/α-hetero) is 1. The smallest absolute Gasteiger partial charge is 0.166 e. The molecule has 1 N–H and O–H groups in total. The summed E-state index contributed by atoms with van der Waals surface area (Å²) in [7, 11) is 0. The van der Waals surface area contributed by atoms with Crippen molar-refractivity contribution in [3.63, 3.8) is 0 Å². The molecule has 0 rings (SSSR count). The zero-order valence-electron chi connectivity index (χ0n) is 6.64. The minimum Gasteiger partial charge on any atom is -0.308 e. The molecule has 0 aromatic carbocycles. The first-order chi connectivity index (χ1) is 4.63. The molecule has 0 spiro atoms. The van der Waals surface area contributed by atoms with E-state index >= 15 is 0 Å². The van der Waals surface area contributed by atoms with Gasteiger partial charge < -0.3 is 5.41 Å². The Kier molecular flexibility index (Phi) is 3.62. The fourth-order valence-electron chi connectivity index (χ4n) is 0.630. The number of ketones is 1. The molecule has 0 radical (unpaired) electrons. The van der Waals surface area contributed by atoms with Crippen LogP contribution in [0.5, 0.6) is 0 Å². The van der Waals surface area contributed by atoms with Gasteiger partial charge in [0.2, 0.25) is 0 Å². The summed E-state index contributed by atoms with van der Waals surface area (Å²) in [5.74, 6) is 0.0327. The first-order valence-corrected chi connectivity index (χ1v) is 3.34. The highest BCUT2D eigenvalue weighted by atomic mass is 16.1. The van der Waals surface area contributed by atoms with Crippen LogP contribution in [-0.2, 0) is 4.79 Å². The lowest BCUT2D eigenvalue weighted by atomic mass is 10.0. The molecule has 0 heterocycles. The molecular formula is C8H13NO. The molecule has 2 nitrogen and oxygen atoms in total. The SMILES string of the molecule is C/C=C(\C=N)C(=O)C(C)C. The molecule has 10 heavy (non-hydrogen) atoms. The first-order valence-electron chi connectivity index (χ1n) is 3.34. The van der Waals surface area contributed by atoms with Crippen LogP contribution in [0.25, 0.3) is 0 Å². The summed E-state index contributed by atoms with van der Waals surface area (Å²) in [6.45, 7) is 5.42. The van der Waals surface area contributed by atoms with Crippen molar-refractivity contribution in [1.29, 1.82) is 5.41 Å². The summed E-state index contributed by atoms with van der Waals surface area (Å²) in [6.07, 6.45) is 2.76. The predicted molar refractivity (Wildman–Crippen MR) is 42.4 cm³/mol. The van der Waals surface area contributed by atoms with Crippen molar-refractivity contribution in [3.8, 4) is 0 Å². The predicted octanol–water partition coefficient (Wildman–Crippen LogP) is 1.81. The molecule has 0 fully saturated rings. The number of hydrogen-bond donors (Lipinski definition) is 1. The molecule has 0 aromatic rings. The van der Waals surface area contributed by atoms with Crippen LogP contribution < -0.4 is 0 Å². The summed E-state index contributed by atoms with van der Waals surface area (Å²) in [5.41, 5.74) is 0.495. The van der Waals surface area contributed by atoms with Gasteiger partial charge in [-0.1, -0.05) is 19.9 Å². The second kappa shape index (κ2) is 3.99. The fraction of sp³-hybridized carbons (Fsp3) is 0.500. The molecular weight excluding hydrogens is 126 g/mol. The topological polar surface area (TPSA) is 40.9 Å². The molecule has 0 saturated heterocycles. The lowest BCUT2D eigenvalue weighted by Gasteiger charge is -2.01. The molecule has 0 bridgehead atoms. The van der Waals surface area contributed by atoms with E-state index in [4.69, 9.17) is 5.41 Å². The van der Waals surface area contributed by atoms with Gasteiger partial charge in [0, 0.05) is 17.7 Å². The Morgan fingerprint density at radius 2 is 2.00 bits per heavy atom. The average Bonchev–Trinajstić information content (AvgIpc) is 1.90. The lowest BCUT2D eigenvalue weighted by Crippen LogP contribution is -2.10. The van der Waals surface area contributed by atoms with Crippen LogP contribution in [0.3, 0.4) is 0 Å². The van der Waals surface area contributed by atoms with Gasteiger partial charge in [-0.05, 0) is 6.92 Å². The maximum atomic E-state index is 11.1. The summed E-state index contributed by atoms with van der Waals surface area (Å²) >= 11 is 0. The van der Waals surface area contributed by atoms with Crippen molar-refractivity contribution in [2.24, 2.45) is 5.92 Å². The van der Waals surface area contributed by atoms with E-state index in [0.717, 1.165) is 6.21 Å². The van der Waals surface area contributed by atoms with Crippen molar-refractivity contribution in [2.75, 3.05) is 0 Å². The molecule has 56 valence electrons. The molecule has 0 aromatic heterocycles. The van der Waals surface area contributed by atoms with Crippen molar-refractivity contribution in [1.82, 2.24) is 0 Å². The number of nitrogens with one attached hydrogen (secondary N) is 1. The monoisotopic (exact) mass is 139 g/mol. The van der Waals surface area contributed by atoms with Crippen LogP contribution in [0.4, 0.5) is 0 Å². The van der Waals surface area contributed by atoms with E-state index in [1.54, 1.807) is 13.0 Å². The number of hydrogen-bond acceptors (Lipinski definition) is 2. The van der Waals surface area contributed by atoms with Crippen LogP contribution >= 0.6 is 0 Å². The van der Waals surface area contributed by atoms with Crippen molar-refractivity contribution in [2.45, 2.75) is 20.8 Å². The van der Waals surface area contributed by atoms with Gasteiger partial charge in [-0.15, -0.1) is 0 Å². The van der Waals surface area contributed by atoms with Crippen molar-refractivity contribution < 1.29 is 4.79 Å². The highest BCUT2D eigenvalue weighted by Gasteiger charge is 2.09. The van der Waals surface area contributed by atoms with E-state index in [0.29, 0.717) is 5.57 Å². The summed E-state index contributed by atoms with van der Waals surface area (Å²) in [5, 5.41) is 6.87. The Hall–Kier alpha value is -0.920. The Morgan fingerprint density at radius 3 is 2.10 bits per heavy atom. The van der Waals surface area contributed by atoms with E-state index in [1.807, 2.05) is 13.8 Å². The third kappa shape index (κ3) is 2.13. The molecule has 0 unspecified atom stereocenters. The van der Waals surface area contributed by atoms with Crippen LogP contribution in [-0.4, -0.2) is 12.0 Å². The fourth-order valence-corrected chi connectivity index (χ4v) is 0.630. The third-order valence-corrected chi connectivity index (χ3v) is 1.28. The maximum Gasteiger partial charge on any atom is 0.166 e. The molecule has 0 aliphatic rings. The Bertz CT molecular complexity index is 168. The Labute approximate surface area is 61.5 Å². The Morgan fingerprint density at radius 1 is 1.50 bits per heavy atom. The van der Waals surface area contributed by atoms with E-state index < -0.39 is 0 Å². The number of rotatable bonds is 3. The molecule has 0 saturated carbocycles. The average molecular weight is 139 g/mol. The second-order valence-corrected chi connectivity index (χ2v) is 2.41. The van der Waals surface area contributed by atoms with Gasteiger partial charge in [0.15, 0.2) is 5.78 Å². The van der Waals surface area contributed by atoms with Gasteiger partial charge in [0.1, 0.15) is 0 Å². The zero-order chi connectivity index (χ0) is 8.15. The van der Waals surface area contributed by atoms with Crippen LogP contribution in [0.1, 0.15) is 20.8 Å². The van der Waals surface area contributed by atoms with Crippen molar-refractivity contribution in [3.05, 3.63) is 11.6 Å². The lowest BCUT2D eigenvalue weighted by molar-refractivity contribution is -0.117. The molecule has 0 amide bonds. The summed E-state index contributed by atoms with van der Waals surface area (Å²) in [6, 6.07) is 0. The summed E-state index contributed by atoms with van der Waals surface area (Å²) in [4.78, 5) is 11.1. The number of allylic oxidation sites excluding steroid dienone is 2. The maximum absolute atomic E-state index is 11.1. The quantitative estimate of drug-likeness (QED) is 0.470. The van der Waals surface area contributed by atoms with E-state index in [9.17, 15) is 4.79 Å². The van der Waals surface area contributed by atoms with Gasteiger partial charge >= 0.3 is 0 Å². The van der Waals surface area contributed by atoms with Gasteiger partial charge in [-0.2, -0.15) is 0 Å².